The minimum atomic E-state index is -3.80. The molecule has 1 aliphatic rings. The number of likely N-dealkylation sites (tertiary alicyclic amines) is 1. The molecular weight excluding hydrogens is 354 g/mol. The van der Waals surface area contributed by atoms with Crippen LogP contribution in [0.25, 0.3) is 0 Å². The van der Waals surface area contributed by atoms with E-state index in [0.29, 0.717) is 13.1 Å². The molecule has 1 aromatic rings. The van der Waals surface area contributed by atoms with E-state index in [2.05, 4.69) is 0 Å². The molecule has 1 aliphatic heterocycles. The number of ether oxygens (including phenoxy) is 1. The fraction of sp³-hybridized carbons (Fsp3) is 0.632. The van der Waals surface area contributed by atoms with Crippen LogP contribution in [-0.4, -0.2) is 44.7 Å². The average molecular weight is 384 g/mol. The Morgan fingerprint density at radius 1 is 1.19 bits per heavy atom. The van der Waals surface area contributed by atoms with Crippen molar-refractivity contribution >= 4 is 16.2 Å². The number of benzene rings is 1. The quantitative estimate of drug-likeness (QED) is 0.743. The molecule has 7 heteroatoms. The number of carbonyl (C=O) groups is 1. The summed E-state index contributed by atoms with van der Waals surface area (Å²) in [7, 11) is -3.80. The Balaban J connectivity index is 1.98. The number of amides is 1. The van der Waals surface area contributed by atoms with E-state index in [1.807, 2.05) is 34.6 Å². The van der Waals surface area contributed by atoms with Crippen molar-refractivity contribution in [3.05, 3.63) is 29.8 Å². The van der Waals surface area contributed by atoms with Crippen LogP contribution in [0, 0.1) is 18.8 Å². The average Bonchev–Trinajstić information content (AvgIpc) is 2.51. The Bertz CT molecular complexity index is 721. The molecule has 0 aliphatic carbocycles. The summed E-state index contributed by atoms with van der Waals surface area (Å²) >= 11 is 0. The molecule has 0 spiro atoms. The summed E-state index contributed by atoms with van der Waals surface area (Å²) in [5.41, 5.74) is 0.427. The lowest BCUT2D eigenvalue weighted by atomic mass is 9.91. The van der Waals surface area contributed by atoms with E-state index in [1.54, 1.807) is 29.2 Å². The summed E-state index contributed by atoms with van der Waals surface area (Å²) in [5.74, 6) is 0.207. The van der Waals surface area contributed by atoms with Gasteiger partial charge < -0.3 is 9.64 Å². The molecule has 0 N–H and O–H groups in total. The smallest absolute Gasteiger partial charge is 0.410 e. The highest BCUT2D eigenvalue weighted by Gasteiger charge is 2.32. The second-order valence-corrected chi connectivity index (χ2v) is 9.76. The summed E-state index contributed by atoms with van der Waals surface area (Å²) < 4.78 is 35.4. The van der Waals surface area contributed by atoms with Crippen molar-refractivity contribution in [1.29, 1.82) is 0 Å². The third kappa shape index (κ3) is 5.99. The molecule has 26 heavy (non-hydrogen) atoms. The van der Waals surface area contributed by atoms with Gasteiger partial charge in [-0.15, -0.1) is 0 Å². The SMILES string of the molecule is Cc1ccc(S(=O)(=O)OC[C@@H]2C[C@H](C)CN(C(=O)OC(C)(C)C)C2)cc1. The van der Waals surface area contributed by atoms with E-state index in [9.17, 15) is 13.2 Å². The van der Waals surface area contributed by atoms with Crippen molar-refractivity contribution in [3.8, 4) is 0 Å². The normalized spacial score (nSPS) is 21.5. The first kappa shape index (κ1) is 20.7. The van der Waals surface area contributed by atoms with Crippen LogP contribution in [0.15, 0.2) is 29.2 Å². The second-order valence-electron chi connectivity index (χ2n) is 8.14. The van der Waals surface area contributed by atoms with Crippen LogP contribution >= 0.6 is 0 Å². The van der Waals surface area contributed by atoms with Crippen LogP contribution in [0.2, 0.25) is 0 Å². The van der Waals surface area contributed by atoms with E-state index < -0.39 is 15.7 Å². The summed E-state index contributed by atoms with van der Waals surface area (Å²) in [6.07, 6.45) is 0.443. The highest BCUT2D eigenvalue weighted by atomic mass is 32.2. The zero-order valence-corrected chi connectivity index (χ0v) is 17.0. The van der Waals surface area contributed by atoms with E-state index in [4.69, 9.17) is 8.92 Å². The van der Waals surface area contributed by atoms with E-state index in [0.717, 1.165) is 12.0 Å². The third-order valence-corrected chi connectivity index (χ3v) is 5.46. The van der Waals surface area contributed by atoms with E-state index >= 15 is 0 Å². The minimum absolute atomic E-state index is 0.0495. The molecule has 0 saturated carbocycles. The van der Waals surface area contributed by atoms with Gasteiger partial charge in [0.25, 0.3) is 10.1 Å². The number of aryl methyl sites for hydroxylation is 1. The van der Waals surface area contributed by atoms with Gasteiger partial charge in [-0.1, -0.05) is 24.6 Å². The summed E-state index contributed by atoms with van der Waals surface area (Å²) in [6, 6.07) is 6.56. The standard InChI is InChI=1S/C19H29NO5S/c1-14-6-8-17(9-7-14)26(22,23)24-13-16-10-15(2)11-20(12-16)18(21)25-19(3,4)5/h6-9,15-16H,10-13H2,1-5H3/t15-,16+/m0/s1. The van der Waals surface area contributed by atoms with Crippen LogP contribution in [0.1, 0.15) is 39.7 Å². The first-order valence-corrected chi connectivity index (χ1v) is 10.3. The van der Waals surface area contributed by atoms with Gasteiger partial charge in [0.05, 0.1) is 11.5 Å². The van der Waals surface area contributed by atoms with Gasteiger partial charge >= 0.3 is 6.09 Å². The summed E-state index contributed by atoms with van der Waals surface area (Å²) in [6.45, 7) is 10.5. The van der Waals surface area contributed by atoms with Gasteiger partial charge in [0, 0.05) is 19.0 Å². The Kier molecular flexibility index (Phi) is 6.34. The molecule has 1 heterocycles. The van der Waals surface area contributed by atoms with Crippen molar-refractivity contribution in [2.24, 2.45) is 11.8 Å². The first-order valence-electron chi connectivity index (χ1n) is 8.90. The Hall–Kier alpha value is -1.60. The van der Waals surface area contributed by atoms with Crippen LogP contribution < -0.4 is 0 Å². The monoisotopic (exact) mass is 383 g/mol. The zero-order valence-electron chi connectivity index (χ0n) is 16.2. The third-order valence-electron chi connectivity index (χ3n) is 4.17. The molecule has 1 saturated heterocycles. The van der Waals surface area contributed by atoms with Crippen molar-refractivity contribution in [3.63, 3.8) is 0 Å². The lowest BCUT2D eigenvalue weighted by Gasteiger charge is -2.37. The van der Waals surface area contributed by atoms with E-state index in [-0.39, 0.29) is 29.4 Å². The Labute approximate surface area is 156 Å². The van der Waals surface area contributed by atoms with Gasteiger partial charge in [0.15, 0.2) is 0 Å². The highest BCUT2D eigenvalue weighted by molar-refractivity contribution is 7.86. The number of hydrogen-bond donors (Lipinski definition) is 0. The lowest BCUT2D eigenvalue weighted by Crippen LogP contribution is -2.46. The first-order chi connectivity index (χ1) is 12.0. The van der Waals surface area contributed by atoms with Crippen molar-refractivity contribution in [2.45, 2.75) is 51.5 Å². The topological polar surface area (TPSA) is 72.9 Å². The van der Waals surface area contributed by atoms with Crippen LogP contribution in [0.3, 0.4) is 0 Å². The van der Waals surface area contributed by atoms with Gasteiger partial charge in [-0.25, -0.2) is 4.79 Å². The Morgan fingerprint density at radius 2 is 1.81 bits per heavy atom. The number of hydrogen-bond acceptors (Lipinski definition) is 5. The number of carbonyl (C=O) groups excluding carboxylic acids is 1. The molecule has 0 radical (unpaired) electrons. The lowest BCUT2D eigenvalue weighted by molar-refractivity contribution is 0.00764. The molecule has 146 valence electrons. The van der Waals surface area contributed by atoms with Crippen LogP contribution in [-0.2, 0) is 19.0 Å². The molecule has 1 fully saturated rings. The number of piperidine rings is 1. The van der Waals surface area contributed by atoms with Crippen molar-refractivity contribution < 1.29 is 22.1 Å². The maximum Gasteiger partial charge on any atom is 0.410 e. The zero-order chi connectivity index (χ0) is 19.5. The van der Waals surface area contributed by atoms with Gasteiger partial charge in [0.1, 0.15) is 5.60 Å². The molecule has 0 unspecified atom stereocenters. The predicted molar refractivity (Wildman–Crippen MR) is 99.4 cm³/mol. The molecule has 0 aromatic heterocycles. The molecular formula is C19H29NO5S. The predicted octanol–water partition coefficient (Wildman–Crippen LogP) is 3.59. The summed E-state index contributed by atoms with van der Waals surface area (Å²) in [5, 5.41) is 0. The van der Waals surface area contributed by atoms with Crippen LogP contribution in [0.5, 0.6) is 0 Å². The molecule has 0 bridgehead atoms. The van der Waals surface area contributed by atoms with E-state index in [1.165, 1.54) is 0 Å². The minimum Gasteiger partial charge on any atom is -0.444 e. The van der Waals surface area contributed by atoms with Crippen molar-refractivity contribution in [1.82, 2.24) is 4.90 Å². The Morgan fingerprint density at radius 3 is 2.38 bits per heavy atom. The van der Waals surface area contributed by atoms with Gasteiger partial charge in [-0.3, -0.25) is 4.18 Å². The molecule has 6 nitrogen and oxygen atoms in total. The maximum atomic E-state index is 12.3. The van der Waals surface area contributed by atoms with Crippen molar-refractivity contribution in [2.75, 3.05) is 19.7 Å². The second kappa shape index (κ2) is 7.96. The fourth-order valence-electron chi connectivity index (χ4n) is 3.04. The van der Waals surface area contributed by atoms with Gasteiger partial charge in [-0.2, -0.15) is 8.42 Å². The number of rotatable bonds is 4. The molecule has 1 amide bonds. The summed E-state index contributed by atoms with van der Waals surface area (Å²) in [4.78, 5) is 14.1. The van der Waals surface area contributed by atoms with Gasteiger partial charge in [-0.05, 0) is 52.2 Å². The molecule has 1 aromatic carbocycles. The fourth-order valence-corrected chi connectivity index (χ4v) is 4.01. The molecule has 2 rings (SSSR count). The number of nitrogens with zero attached hydrogens (tertiary/aromatic N) is 1. The molecule has 2 atom stereocenters. The van der Waals surface area contributed by atoms with Gasteiger partial charge in [0.2, 0.25) is 0 Å². The highest BCUT2D eigenvalue weighted by Crippen LogP contribution is 2.25. The van der Waals surface area contributed by atoms with Crippen LogP contribution in [0.4, 0.5) is 4.79 Å². The largest absolute Gasteiger partial charge is 0.444 e. The maximum absolute atomic E-state index is 12.3.